The van der Waals surface area contributed by atoms with Crippen LogP contribution in [0, 0.1) is 0 Å². The van der Waals surface area contributed by atoms with Crippen LogP contribution in [-0.2, 0) is 13.1 Å². The maximum atomic E-state index is 11.1. The first kappa shape index (κ1) is 13.6. The van der Waals surface area contributed by atoms with Crippen molar-refractivity contribution in [3.8, 4) is 0 Å². The van der Waals surface area contributed by atoms with E-state index in [0.29, 0.717) is 12.2 Å². The van der Waals surface area contributed by atoms with Gasteiger partial charge in [-0.15, -0.1) is 11.3 Å². The second kappa shape index (κ2) is 6.40. The van der Waals surface area contributed by atoms with Gasteiger partial charge in [-0.05, 0) is 18.0 Å². The van der Waals surface area contributed by atoms with Crippen LogP contribution in [0.1, 0.15) is 27.9 Å². The van der Waals surface area contributed by atoms with E-state index in [1.54, 1.807) is 11.3 Å². The van der Waals surface area contributed by atoms with E-state index in [-0.39, 0.29) is 5.56 Å². The molecule has 2 aromatic heterocycles. The van der Waals surface area contributed by atoms with E-state index in [1.165, 1.54) is 17.4 Å². The number of carboxylic acid groups (broad SMARTS) is 1. The molecule has 0 aliphatic heterocycles. The van der Waals surface area contributed by atoms with Crippen molar-refractivity contribution < 1.29 is 9.90 Å². The van der Waals surface area contributed by atoms with Crippen LogP contribution in [0.3, 0.4) is 0 Å². The minimum absolute atomic E-state index is 0.173. The highest BCUT2D eigenvalue weighted by Crippen LogP contribution is 2.14. The molecule has 0 aromatic carbocycles. The van der Waals surface area contributed by atoms with Crippen molar-refractivity contribution in [3.63, 3.8) is 0 Å². The zero-order valence-electron chi connectivity index (χ0n) is 10.6. The Kier molecular flexibility index (Phi) is 4.59. The Morgan fingerprint density at radius 1 is 1.47 bits per heavy atom. The van der Waals surface area contributed by atoms with Gasteiger partial charge in [0, 0.05) is 24.2 Å². The Hall–Kier alpha value is -1.79. The van der Waals surface area contributed by atoms with E-state index in [1.807, 2.05) is 11.4 Å². The molecule has 1 N–H and O–H groups in total. The molecule has 0 bridgehead atoms. The number of nitrogens with zero attached hydrogens (tertiary/aromatic N) is 3. The molecule has 0 fully saturated rings. The van der Waals surface area contributed by atoms with Crippen molar-refractivity contribution in [1.82, 2.24) is 14.9 Å². The molecular formula is C13H15N3O2S. The lowest BCUT2D eigenvalue weighted by molar-refractivity contribution is 0.0693. The largest absolute Gasteiger partial charge is 0.478 e. The number of aromatic carboxylic acids is 1. The SMILES string of the molecule is CCN(Cc1cccs1)Cc1ncncc1C(=O)O. The van der Waals surface area contributed by atoms with Gasteiger partial charge in [0.15, 0.2) is 0 Å². The normalized spacial score (nSPS) is 10.8. The number of thiophene rings is 1. The molecule has 0 saturated carbocycles. The summed E-state index contributed by atoms with van der Waals surface area (Å²) < 4.78 is 0. The van der Waals surface area contributed by atoms with Gasteiger partial charge in [-0.25, -0.2) is 14.8 Å². The lowest BCUT2D eigenvalue weighted by Gasteiger charge is -2.19. The predicted molar refractivity (Wildman–Crippen MR) is 73.1 cm³/mol. The fourth-order valence-corrected chi connectivity index (χ4v) is 2.52. The third kappa shape index (κ3) is 3.59. The highest BCUT2D eigenvalue weighted by Gasteiger charge is 2.14. The molecule has 2 aromatic rings. The van der Waals surface area contributed by atoms with Gasteiger partial charge in [0.05, 0.1) is 5.69 Å². The monoisotopic (exact) mass is 277 g/mol. The minimum Gasteiger partial charge on any atom is -0.478 e. The van der Waals surface area contributed by atoms with Crippen LogP contribution in [0.5, 0.6) is 0 Å². The molecule has 0 spiro atoms. The molecule has 2 heterocycles. The molecule has 2 rings (SSSR count). The van der Waals surface area contributed by atoms with E-state index < -0.39 is 5.97 Å². The molecule has 19 heavy (non-hydrogen) atoms. The van der Waals surface area contributed by atoms with Crippen molar-refractivity contribution in [2.24, 2.45) is 0 Å². The summed E-state index contributed by atoms with van der Waals surface area (Å²) in [7, 11) is 0. The first-order valence-corrected chi connectivity index (χ1v) is 6.85. The summed E-state index contributed by atoms with van der Waals surface area (Å²) in [6.45, 7) is 4.20. The number of hydrogen-bond donors (Lipinski definition) is 1. The Morgan fingerprint density at radius 2 is 2.32 bits per heavy atom. The van der Waals surface area contributed by atoms with E-state index >= 15 is 0 Å². The third-order valence-corrected chi connectivity index (χ3v) is 3.67. The van der Waals surface area contributed by atoms with Crippen molar-refractivity contribution in [1.29, 1.82) is 0 Å². The average molecular weight is 277 g/mol. The number of hydrogen-bond acceptors (Lipinski definition) is 5. The zero-order chi connectivity index (χ0) is 13.7. The lowest BCUT2D eigenvalue weighted by Crippen LogP contribution is -2.24. The van der Waals surface area contributed by atoms with E-state index in [4.69, 9.17) is 5.11 Å². The maximum absolute atomic E-state index is 11.1. The molecule has 100 valence electrons. The quantitative estimate of drug-likeness (QED) is 0.877. The molecule has 6 heteroatoms. The molecule has 0 amide bonds. The summed E-state index contributed by atoms with van der Waals surface area (Å²) in [5, 5.41) is 11.1. The van der Waals surface area contributed by atoms with Crippen LogP contribution in [0.15, 0.2) is 30.0 Å². The lowest BCUT2D eigenvalue weighted by atomic mass is 10.2. The smallest absolute Gasteiger partial charge is 0.339 e. The predicted octanol–water partition coefficient (Wildman–Crippen LogP) is 2.26. The Morgan fingerprint density at radius 3 is 2.95 bits per heavy atom. The van der Waals surface area contributed by atoms with Crippen LogP contribution in [0.2, 0.25) is 0 Å². The number of carboxylic acids is 1. The highest BCUT2D eigenvalue weighted by molar-refractivity contribution is 7.09. The van der Waals surface area contributed by atoms with Crippen molar-refractivity contribution in [2.45, 2.75) is 20.0 Å². The van der Waals surface area contributed by atoms with Gasteiger partial charge in [-0.3, -0.25) is 4.90 Å². The van der Waals surface area contributed by atoms with Crippen LogP contribution in [0.25, 0.3) is 0 Å². The first-order chi connectivity index (χ1) is 9.20. The van der Waals surface area contributed by atoms with Crippen molar-refractivity contribution in [3.05, 3.63) is 46.2 Å². The standard InChI is InChI=1S/C13H15N3O2S/c1-2-16(7-10-4-3-5-19-10)8-12-11(13(17)18)6-14-9-15-12/h3-6,9H,2,7-8H2,1H3,(H,17,18). The zero-order valence-corrected chi connectivity index (χ0v) is 11.4. The molecule has 0 unspecified atom stereocenters. The molecule has 0 radical (unpaired) electrons. The summed E-state index contributed by atoms with van der Waals surface area (Å²) in [6, 6.07) is 4.09. The highest BCUT2D eigenvalue weighted by atomic mass is 32.1. The Balaban J connectivity index is 2.12. The molecular weight excluding hydrogens is 262 g/mol. The van der Waals surface area contributed by atoms with E-state index in [0.717, 1.165) is 13.1 Å². The van der Waals surface area contributed by atoms with Crippen LogP contribution in [-0.4, -0.2) is 32.5 Å². The van der Waals surface area contributed by atoms with Crippen molar-refractivity contribution in [2.75, 3.05) is 6.54 Å². The summed E-state index contributed by atoms with van der Waals surface area (Å²) in [4.78, 5) is 22.4. The van der Waals surface area contributed by atoms with Gasteiger partial charge >= 0.3 is 5.97 Å². The van der Waals surface area contributed by atoms with Crippen LogP contribution in [0.4, 0.5) is 0 Å². The van der Waals surface area contributed by atoms with E-state index in [9.17, 15) is 4.79 Å². The van der Waals surface area contributed by atoms with Crippen molar-refractivity contribution >= 4 is 17.3 Å². The summed E-state index contributed by atoms with van der Waals surface area (Å²) in [5.41, 5.74) is 0.730. The first-order valence-electron chi connectivity index (χ1n) is 5.97. The number of carbonyl (C=O) groups is 1. The van der Waals surface area contributed by atoms with Crippen LogP contribution < -0.4 is 0 Å². The second-order valence-electron chi connectivity index (χ2n) is 4.07. The van der Waals surface area contributed by atoms with E-state index in [2.05, 4.69) is 27.9 Å². The summed E-state index contributed by atoms with van der Waals surface area (Å²) in [5.74, 6) is -0.984. The molecule has 0 aliphatic carbocycles. The van der Waals surface area contributed by atoms with Gasteiger partial charge in [-0.2, -0.15) is 0 Å². The minimum atomic E-state index is -0.984. The topological polar surface area (TPSA) is 66.3 Å². The fourth-order valence-electron chi connectivity index (χ4n) is 1.77. The van der Waals surface area contributed by atoms with Crippen LogP contribution >= 0.6 is 11.3 Å². The average Bonchev–Trinajstić information content (AvgIpc) is 2.91. The maximum Gasteiger partial charge on any atom is 0.339 e. The molecule has 5 nitrogen and oxygen atoms in total. The number of rotatable bonds is 6. The fraction of sp³-hybridized carbons (Fsp3) is 0.308. The number of aromatic nitrogens is 2. The summed E-state index contributed by atoms with van der Waals surface area (Å²) in [6.07, 6.45) is 2.74. The van der Waals surface area contributed by atoms with Gasteiger partial charge in [0.1, 0.15) is 11.9 Å². The Bertz CT molecular complexity index is 543. The Labute approximate surface area is 115 Å². The molecule has 0 saturated heterocycles. The van der Waals surface area contributed by atoms with Gasteiger partial charge in [0.2, 0.25) is 0 Å². The van der Waals surface area contributed by atoms with Gasteiger partial charge < -0.3 is 5.11 Å². The third-order valence-electron chi connectivity index (χ3n) is 2.81. The van der Waals surface area contributed by atoms with Gasteiger partial charge in [-0.1, -0.05) is 13.0 Å². The molecule has 0 atom stereocenters. The molecule has 0 aliphatic rings. The van der Waals surface area contributed by atoms with Gasteiger partial charge in [0.25, 0.3) is 0 Å². The second-order valence-corrected chi connectivity index (χ2v) is 5.10. The summed E-state index contributed by atoms with van der Waals surface area (Å²) >= 11 is 1.70.